The number of rotatable bonds is 1. The Morgan fingerprint density at radius 3 is 2.85 bits per heavy atom. The van der Waals surface area contributed by atoms with Crippen molar-refractivity contribution in [1.29, 1.82) is 0 Å². The van der Waals surface area contributed by atoms with E-state index in [-0.39, 0.29) is 22.6 Å². The standard InChI is InChI=1S/C17H17ClFN5O2S/c1-20-15(25)23-5-4-17(8-23)9-24(12-3-2-10(18)6-11(12)17)16(26)22-14-21-7-13(19)27-14/h2-3,6-7H,4-5,8-9H2,1H3,(H,20,25)(H,21,22,26)/t17-/m1/s1. The minimum Gasteiger partial charge on any atom is -0.341 e. The number of anilines is 2. The van der Waals surface area contributed by atoms with Gasteiger partial charge in [-0.2, -0.15) is 4.39 Å². The molecule has 7 nitrogen and oxygen atoms in total. The van der Waals surface area contributed by atoms with Gasteiger partial charge in [0.25, 0.3) is 0 Å². The molecule has 2 aliphatic rings. The number of urea groups is 2. The molecule has 0 unspecified atom stereocenters. The third-order valence-corrected chi connectivity index (χ3v) is 6.01. The highest BCUT2D eigenvalue weighted by atomic mass is 35.5. The number of thiazole rings is 1. The quantitative estimate of drug-likeness (QED) is 0.758. The van der Waals surface area contributed by atoms with Crippen LogP contribution in [0.25, 0.3) is 0 Å². The van der Waals surface area contributed by atoms with Crippen LogP contribution in [-0.2, 0) is 5.41 Å². The molecule has 0 bridgehead atoms. The van der Waals surface area contributed by atoms with E-state index in [2.05, 4.69) is 15.6 Å². The van der Waals surface area contributed by atoms with Crippen LogP contribution in [0.2, 0.25) is 5.02 Å². The van der Waals surface area contributed by atoms with Crippen molar-refractivity contribution in [2.45, 2.75) is 11.8 Å². The number of benzene rings is 1. The van der Waals surface area contributed by atoms with Crippen molar-refractivity contribution < 1.29 is 14.0 Å². The van der Waals surface area contributed by atoms with E-state index in [1.807, 2.05) is 6.07 Å². The van der Waals surface area contributed by atoms with Crippen molar-refractivity contribution in [1.82, 2.24) is 15.2 Å². The zero-order valence-corrected chi connectivity index (χ0v) is 16.0. The van der Waals surface area contributed by atoms with Gasteiger partial charge in [-0.1, -0.05) is 22.9 Å². The molecule has 3 heterocycles. The SMILES string of the molecule is CNC(=O)N1CC[C@@]2(C1)CN(C(=O)Nc1ncc(F)s1)c1ccc(Cl)cc12. The molecule has 1 saturated heterocycles. The summed E-state index contributed by atoms with van der Waals surface area (Å²) < 4.78 is 13.2. The second-order valence-electron chi connectivity index (χ2n) is 6.65. The van der Waals surface area contributed by atoms with E-state index < -0.39 is 5.13 Å². The Morgan fingerprint density at radius 2 is 2.15 bits per heavy atom. The molecule has 1 fully saturated rings. The van der Waals surface area contributed by atoms with E-state index in [0.29, 0.717) is 24.7 Å². The fraction of sp³-hybridized carbons (Fsp3) is 0.353. The van der Waals surface area contributed by atoms with Crippen LogP contribution >= 0.6 is 22.9 Å². The van der Waals surface area contributed by atoms with E-state index in [4.69, 9.17) is 11.6 Å². The second kappa shape index (κ2) is 6.65. The first-order valence-corrected chi connectivity index (χ1v) is 9.58. The van der Waals surface area contributed by atoms with Gasteiger partial charge in [0, 0.05) is 42.8 Å². The summed E-state index contributed by atoms with van der Waals surface area (Å²) in [5.74, 6) is 0. The van der Waals surface area contributed by atoms with E-state index in [0.717, 1.165) is 35.2 Å². The van der Waals surface area contributed by atoms with Gasteiger partial charge in [-0.15, -0.1) is 0 Å². The first-order chi connectivity index (χ1) is 12.9. The molecule has 4 amide bonds. The second-order valence-corrected chi connectivity index (χ2v) is 8.07. The van der Waals surface area contributed by atoms with Crippen LogP contribution in [0.5, 0.6) is 0 Å². The summed E-state index contributed by atoms with van der Waals surface area (Å²) in [6.07, 6.45) is 1.79. The summed E-state index contributed by atoms with van der Waals surface area (Å²) in [6.45, 7) is 1.50. The number of nitrogens with zero attached hydrogens (tertiary/aromatic N) is 3. The number of carbonyl (C=O) groups excluding carboxylic acids is 2. The van der Waals surface area contributed by atoms with Crippen LogP contribution in [0, 0.1) is 5.13 Å². The van der Waals surface area contributed by atoms with Crippen molar-refractivity contribution >= 4 is 45.8 Å². The van der Waals surface area contributed by atoms with Crippen LogP contribution in [0.3, 0.4) is 0 Å². The van der Waals surface area contributed by atoms with Gasteiger partial charge in [0.15, 0.2) is 10.3 Å². The molecule has 0 aliphatic carbocycles. The molecule has 1 aromatic carbocycles. The minimum absolute atomic E-state index is 0.142. The summed E-state index contributed by atoms with van der Waals surface area (Å²) in [5, 5.41) is 5.60. The first kappa shape index (κ1) is 18.0. The van der Waals surface area contributed by atoms with Crippen molar-refractivity contribution in [3.63, 3.8) is 0 Å². The number of hydrogen-bond donors (Lipinski definition) is 2. The molecular formula is C17H17ClFN5O2S. The maximum atomic E-state index is 13.2. The van der Waals surface area contributed by atoms with Crippen LogP contribution < -0.4 is 15.5 Å². The maximum Gasteiger partial charge on any atom is 0.328 e. The fourth-order valence-corrected chi connectivity index (χ4v) is 4.55. The largest absolute Gasteiger partial charge is 0.341 e. The highest BCUT2D eigenvalue weighted by Crippen LogP contribution is 2.47. The van der Waals surface area contributed by atoms with Crippen molar-refractivity contribution in [2.24, 2.45) is 0 Å². The predicted octanol–water partition coefficient (Wildman–Crippen LogP) is 3.27. The van der Waals surface area contributed by atoms with Gasteiger partial charge in [0.1, 0.15) is 0 Å². The van der Waals surface area contributed by atoms with E-state index in [1.54, 1.807) is 29.0 Å². The van der Waals surface area contributed by atoms with Crippen LogP contribution in [0.4, 0.5) is 24.8 Å². The summed E-state index contributed by atoms with van der Waals surface area (Å²) in [4.78, 5) is 32.0. The van der Waals surface area contributed by atoms with E-state index in [9.17, 15) is 14.0 Å². The van der Waals surface area contributed by atoms with Crippen LogP contribution in [0.1, 0.15) is 12.0 Å². The molecule has 1 spiro atoms. The molecule has 142 valence electrons. The molecule has 2 aliphatic heterocycles. The topological polar surface area (TPSA) is 77.6 Å². The lowest BCUT2D eigenvalue weighted by Crippen LogP contribution is -2.43. The van der Waals surface area contributed by atoms with Gasteiger partial charge in [-0.05, 0) is 30.2 Å². The molecule has 4 rings (SSSR count). The highest BCUT2D eigenvalue weighted by Gasteiger charge is 2.49. The lowest BCUT2D eigenvalue weighted by molar-refractivity contribution is 0.208. The van der Waals surface area contributed by atoms with Gasteiger partial charge >= 0.3 is 12.1 Å². The Kier molecular flexibility index (Phi) is 4.43. The molecule has 0 saturated carbocycles. The number of hydrogen-bond acceptors (Lipinski definition) is 4. The number of aromatic nitrogens is 1. The predicted molar refractivity (Wildman–Crippen MR) is 102 cm³/mol. The average Bonchev–Trinajstić information content (AvgIpc) is 3.34. The molecule has 1 atom stereocenters. The Balaban J connectivity index is 1.64. The Bertz CT molecular complexity index is 922. The number of fused-ring (bicyclic) bond motifs is 2. The van der Waals surface area contributed by atoms with Crippen LogP contribution in [-0.4, -0.2) is 48.6 Å². The monoisotopic (exact) mass is 409 g/mol. The zero-order valence-electron chi connectivity index (χ0n) is 14.5. The number of amides is 4. The van der Waals surface area contributed by atoms with Crippen LogP contribution in [0.15, 0.2) is 24.4 Å². The molecule has 2 N–H and O–H groups in total. The zero-order chi connectivity index (χ0) is 19.2. The third kappa shape index (κ3) is 3.10. The minimum atomic E-state index is -0.465. The summed E-state index contributed by atoms with van der Waals surface area (Å²) in [7, 11) is 1.60. The Hall–Kier alpha value is -2.39. The fourth-order valence-electron chi connectivity index (χ4n) is 3.85. The molecular weight excluding hydrogens is 393 g/mol. The van der Waals surface area contributed by atoms with Crippen molar-refractivity contribution in [3.8, 4) is 0 Å². The normalized spacial score (nSPS) is 20.9. The average molecular weight is 410 g/mol. The smallest absolute Gasteiger partial charge is 0.328 e. The van der Waals surface area contributed by atoms with Gasteiger partial charge < -0.3 is 10.2 Å². The van der Waals surface area contributed by atoms with Crippen molar-refractivity contribution in [2.75, 3.05) is 36.9 Å². The molecule has 1 aromatic heterocycles. The van der Waals surface area contributed by atoms with Crippen molar-refractivity contribution in [3.05, 3.63) is 40.1 Å². The van der Waals surface area contributed by atoms with Gasteiger partial charge in [-0.25, -0.2) is 14.6 Å². The number of carbonyl (C=O) groups is 2. The lowest BCUT2D eigenvalue weighted by atomic mass is 9.81. The third-order valence-electron chi connectivity index (χ3n) is 5.07. The molecule has 27 heavy (non-hydrogen) atoms. The van der Waals surface area contributed by atoms with Gasteiger partial charge in [0.2, 0.25) is 0 Å². The van der Waals surface area contributed by atoms with Gasteiger partial charge in [-0.3, -0.25) is 10.2 Å². The number of halogens is 2. The summed E-state index contributed by atoms with van der Waals surface area (Å²) in [5.41, 5.74) is 1.31. The Morgan fingerprint density at radius 1 is 1.33 bits per heavy atom. The maximum absolute atomic E-state index is 13.2. The Labute approximate surface area is 164 Å². The van der Waals surface area contributed by atoms with E-state index in [1.165, 1.54) is 0 Å². The lowest BCUT2D eigenvalue weighted by Gasteiger charge is -2.25. The number of likely N-dealkylation sites (tertiary alicyclic amines) is 1. The van der Waals surface area contributed by atoms with Gasteiger partial charge in [0.05, 0.1) is 6.20 Å². The summed E-state index contributed by atoms with van der Waals surface area (Å²) >= 11 is 6.98. The molecule has 0 radical (unpaired) electrons. The highest BCUT2D eigenvalue weighted by molar-refractivity contribution is 7.14. The summed E-state index contributed by atoms with van der Waals surface area (Å²) in [6, 6.07) is 4.87. The first-order valence-electron chi connectivity index (χ1n) is 8.38. The molecule has 10 heteroatoms. The van der Waals surface area contributed by atoms with E-state index >= 15 is 0 Å². The number of nitrogens with one attached hydrogen (secondary N) is 2. The molecule has 2 aromatic rings.